The van der Waals surface area contributed by atoms with Crippen LogP contribution in [0.25, 0.3) is 0 Å². The van der Waals surface area contributed by atoms with Crippen molar-refractivity contribution in [3.8, 4) is 11.5 Å². The highest BCUT2D eigenvalue weighted by Gasteiger charge is 2.23. The summed E-state index contributed by atoms with van der Waals surface area (Å²) in [6.45, 7) is 0.864. The fourth-order valence-electron chi connectivity index (χ4n) is 3.10. The molecule has 1 aliphatic heterocycles. The molecule has 3 aromatic carbocycles. The van der Waals surface area contributed by atoms with Crippen LogP contribution in [0, 0.1) is 0 Å². The van der Waals surface area contributed by atoms with E-state index in [0.717, 1.165) is 4.47 Å². The summed E-state index contributed by atoms with van der Waals surface area (Å²) >= 11 is 6.80. The van der Waals surface area contributed by atoms with E-state index in [-0.39, 0.29) is 5.91 Å². The van der Waals surface area contributed by atoms with Crippen molar-refractivity contribution in [2.75, 3.05) is 18.5 Å². The second kappa shape index (κ2) is 8.57. The molecular weight excluding hydrogens is 502 g/mol. The predicted octanol–water partition coefficient (Wildman–Crippen LogP) is 5.32. The zero-order chi connectivity index (χ0) is 20.4. The number of carbonyl (C=O) groups excluding carboxylic acids is 1. The number of anilines is 1. The third kappa shape index (κ3) is 4.32. The van der Waals surface area contributed by atoms with E-state index in [2.05, 4.69) is 37.2 Å². The Morgan fingerprint density at radius 2 is 1.62 bits per heavy atom. The van der Waals surface area contributed by atoms with Crippen LogP contribution in [0.3, 0.4) is 0 Å². The highest BCUT2D eigenvalue weighted by atomic mass is 79.9. The van der Waals surface area contributed by atoms with E-state index in [9.17, 15) is 9.90 Å². The molecule has 0 aromatic heterocycles. The van der Waals surface area contributed by atoms with Crippen molar-refractivity contribution in [1.29, 1.82) is 0 Å². The average Bonchev–Trinajstić information content (AvgIpc) is 2.73. The minimum absolute atomic E-state index is 0.293. The van der Waals surface area contributed by atoms with Gasteiger partial charge in [-0.05, 0) is 51.8 Å². The van der Waals surface area contributed by atoms with E-state index in [1.807, 2.05) is 30.3 Å². The van der Waals surface area contributed by atoms with Crippen LogP contribution in [0.15, 0.2) is 69.6 Å². The SMILES string of the molecule is O=C(Nc1cc2c(cc1C(O)c1ccc(Br)cc1)OCCO2)c1ccccc1Br. The van der Waals surface area contributed by atoms with Gasteiger partial charge in [0.1, 0.15) is 19.3 Å². The first-order chi connectivity index (χ1) is 14.0. The molecule has 4 rings (SSSR count). The van der Waals surface area contributed by atoms with Gasteiger partial charge >= 0.3 is 0 Å². The van der Waals surface area contributed by atoms with Crippen LogP contribution in [-0.4, -0.2) is 24.2 Å². The molecule has 2 N–H and O–H groups in total. The van der Waals surface area contributed by atoms with Crippen LogP contribution in [0.2, 0.25) is 0 Å². The number of carbonyl (C=O) groups is 1. The molecule has 0 saturated carbocycles. The lowest BCUT2D eigenvalue weighted by Gasteiger charge is -2.23. The van der Waals surface area contributed by atoms with Crippen LogP contribution in [-0.2, 0) is 0 Å². The number of ether oxygens (including phenoxy) is 2. The van der Waals surface area contributed by atoms with Crippen LogP contribution in [0.5, 0.6) is 11.5 Å². The van der Waals surface area contributed by atoms with Crippen molar-refractivity contribution in [2.24, 2.45) is 0 Å². The minimum atomic E-state index is -0.951. The molecule has 1 unspecified atom stereocenters. The number of halogens is 2. The molecule has 1 heterocycles. The monoisotopic (exact) mass is 517 g/mol. The molecule has 1 aliphatic rings. The van der Waals surface area contributed by atoms with Gasteiger partial charge in [-0.15, -0.1) is 0 Å². The molecule has 0 bridgehead atoms. The zero-order valence-corrected chi connectivity index (χ0v) is 18.4. The Labute approximate surface area is 184 Å². The fraction of sp³-hybridized carbons (Fsp3) is 0.136. The Kier molecular flexibility index (Phi) is 5.89. The summed E-state index contributed by atoms with van der Waals surface area (Å²) in [6, 6.07) is 17.9. The van der Waals surface area contributed by atoms with Crippen molar-refractivity contribution in [2.45, 2.75) is 6.10 Å². The number of nitrogens with one attached hydrogen (secondary N) is 1. The summed E-state index contributed by atoms with van der Waals surface area (Å²) < 4.78 is 12.9. The van der Waals surface area contributed by atoms with Gasteiger partial charge in [0.25, 0.3) is 5.91 Å². The maximum Gasteiger partial charge on any atom is 0.256 e. The molecule has 1 amide bonds. The van der Waals surface area contributed by atoms with Gasteiger partial charge in [-0.1, -0.05) is 40.2 Å². The molecule has 0 fully saturated rings. The number of aliphatic hydroxyl groups excluding tert-OH is 1. The lowest BCUT2D eigenvalue weighted by Crippen LogP contribution is -2.19. The maximum absolute atomic E-state index is 12.9. The number of benzene rings is 3. The van der Waals surface area contributed by atoms with Crippen molar-refractivity contribution >= 4 is 43.5 Å². The topological polar surface area (TPSA) is 67.8 Å². The van der Waals surface area contributed by atoms with Crippen molar-refractivity contribution in [1.82, 2.24) is 0 Å². The third-order valence-electron chi connectivity index (χ3n) is 4.56. The molecule has 148 valence electrons. The fourth-order valence-corrected chi connectivity index (χ4v) is 3.83. The number of aliphatic hydroxyl groups is 1. The second-order valence-electron chi connectivity index (χ2n) is 6.47. The van der Waals surface area contributed by atoms with Crippen LogP contribution < -0.4 is 14.8 Å². The summed E-state index contributed by atoms with van der Waals surface area (Å²) in [7, 11) is 0. The average molecular weight is 519 g/mol. The van der Waals surface area contributed by atoms with Gasteiger partial charge in [-0.3, -0.25) is 4.79 Å². The summed E-state index contributed by atoms with van der Waals surface area (Å²) in [5, 5.41) is 13.9. The Morgan fingerprint density at radius 1 is 0.966 bits per heavy atom. The Balaban J connectivity index is 1.74. The summed E-state index contributed by atoms with van der Waals surface area (Å²) in [6.07, 6.45) is -0.951. The van der Waals surface area contributed by atoms with Crippen molar-refractivity contribution in [3.63, 3.8) is 0 Å². The number of amides is 1. The van der Waals surface area contributed by atoms with Gasteiger partial charge in [-0.2, -0.15) is 0 Å². The van der Waals surface area contributed by atoms with E-state index in [1.165, 1.54) is 0 Å². The van der Waals surface area contributed by atoms with E-state index in [4.69, 9.17) is 9.47 Å². The Bertz CT molecular complexity index is 1050. The first-order valence-corrected chi connectivity index (χ1v) is 10.5. The summed E-state index contributed by atoms with van der Waals surface area (Å²) in [5.74, 6) is 0.783. The first-order valence-electron chi connectivity index (χ1n) is 8.96. The molecule has 0 aliphatic carbocycles. The molecule has 29 heavy (non-hydrogen) atoms. The molecule has 7 heteroatoms. The smallest absolute Gasteiger partial charge is 0.256 e. The first kappa shape index (κ1) is 19.9. The zero-order valence-electron chi connectivity index (χ0n) is 15.2. The van der Waals surface area contributed by atoms with Gasteiger partial charge in [0.15, 0.2) is 11.5 Å². The Morgan fingerprint density at radius 3 is 2.31 bits per heavy atom. The summed E-state index contributed by atoms with van der Waals surface area (Å²) in [5.41, 5.74) is 2.18. The largest absolute Gasteiger partial charge is 0.486 e. The molecule has 0 saturated heterocycles. The van der Waals surface area contributed by atoms with Gasteiger partial charge < -0.3 is 19.9 Å². The van der Waals surface area contributed by atoms with E-state index >= 15 is 0 Å². The lowest BCUT2D eigenvalue weighted by molar-refractivity contribution is 0.102. The van der Waals surface area contributed by atoms with E-state index in [1.54, 1.807) is 30.3 Å². The van der Waals surface area contributed by atoms with Crippen LogP contribution >= 0.6 is 31.9 Å². The van der Waals surface area contributed by atoms with Crippen LogP contribution in [0.1, 0.15) is 27.6 Å². The maximum atomic E-state index is 12.9. The highest BCUT2D eigenvalue weighted by molar-refractivity contribution is 9.10. The lowest BCUT2D eigenvalue weighted by atomic mass is 9.98. The number of fused-ring (bicyclic) bond motifs is 1. The van der Waals surface area contributed by atoms with Gasteiger partial charge in [0.05, 0.1) is 11.3 Å². The van der Waals surface area contributed by atoms with Crippen molar-refractivity contribution < 1.29 is 19.4 Å². The molecular formula is C22H17Br2NO4. The highest BCUT2D eigenvalue weighted by Crippen LogP contribution is 2.40. The quantitative estimate of drug-likeness (QED) is 0.490. The molecule has 0 radical (unpaired) electrons. The normalized spacial score (nSPS) is 13.6. The van der Waals surface area contributed by atoms with Crippen molar-refractivity contribution in [3.05, 3.63) is 86.3 Å². The Hall–Kier alpha value is -2.35. The molecule has 0 spiro atoms. The summed E-state index contributed by atoms with van der Waals surface area (Å²) in [4.78, 5) is 12.9. The number of rotatable bonds is 4. The molecule has 1 atom stereocenters. The predicted molar refractivity (Wildman–Crippen MR) is 118 cm³/mol. The van der Waals surface area contributed by atoms with E-state index < -0.39 is 6.10 Å². The van der Waals surface area contributed by atoms with Crippen LogP contribution in [0.4, 0.5) is 5.69 Å². The van der Waals surface area contributed by atoms with Gasteiger partial charge in [0, 0.05) is 20.6 Å². The number of hydrogen-bond donors (Lipinski definition) is 2. The minimum Gasteiger partial charge on any atom is -0.486 e. The third-order valence-corrected chi connectivity index (χ3v) is 5.78. The van der Waals surface area contributed by atoms with E-state index in [0.29, 0.717) is 51.6 Å². The molecule has 5 nitrogen and oxygen atoms in total. The second-order valence-corrected chi connectivity index (χ2v) is 8.24. The van der Waals surface area contributed by atoms with Gasteiger partial charge in [0.2, 0.25) is 0 Å². The van der Waals surface area contributed by atoms with Gasteiger partial charge in [-0.25, -0.2) is 0 Å². The number of hydrogen-bond acceptors (Lipinski definition) is 4. The standard InChI is InChI=1S/C22H17Br2NO4/c23-14-7-5-13(6-8-14)21(26)16-11-19-20(29-10-9-28-19)12-18(16)25-22(27)15-3-1-2-4-17(15)24/h1-8,11-12,21,26H,9-10H2,(H,25,27). The molecule has 3 aromatic rings.